The Bertz CT molecular complexity index is 1460. The molecule has 2 saturated heterocycles. The number of sulfonamides is 1. The molecule has 13 heteroatoms. The summed E-state index contributed by atoms with van der Waals surface area (Å²) in [6.07, 6.45) is -1.28. The van der Waals surface area contributed by atoms with Crippen molar-refractivity contribution in [3.8, 4) is 0 Å². The van der Waals surface area contributed by atoms with Gasteiger partial charge in [0.2, 0.25) is 15.9 Å². The van der Waals surface area contributed by atoms with E-state index in [1.54, 1.807) is 12.0 Å². The molecule has 0 spiro atoms. The summed E-state index contributed by atoms with van der Waals surface area (Å²) in [5.74, 6) is -0.470. The lowest BCUT2D eigenvalue weighted by molar-refractivity contribution is -0.143. The maximum absolute atomic E-state index is 14.5. The molecule has 0 bridgehead atoms. The van der Waals surface area contributed by atoms with Gasteiger partial charge in [0.25, 0.3) is 0 Å². The maximum atomic E-state index is 14.5. The van der Waals surface area contributed by atoms with Crippen molar-refractivity contribution < 1.29 is 35.9 Å². The van der Waals surface area contributed by atoms with Crippen LogP contribution in [0, 0.1) is 11.3 Å². The number of hydrogen-bond donors (Lipinski definition) is 1. The molecule has 9 nitrogen and oxygen atoms in total. The summed E-state index contributed by atoms with van der Waals surface area (Å²) in [7, 11) is -2.01. The van der Waals surface area contributed by atoms with Crippen LogP contribution in [-0.2, 0) is 49.9 Å². The lowest BCUT2D eigenvalue weighted by atomic mass is 9.78. The van der Waals surface area contributed by atoms with Crippen LogP contribution >= 0.6 is 0 Å². The summed E-state index contributed by atoms with van der Waals surface area (Å²) in [6.45, 7) is 1.73. The summed E-state index contributed by atoms with van der Waals surface area (Å²) in [5, 5.41) is 3.69. The number of aromatic nitrogens is 1. The highest BCUT2D eigenvalue weighted by Gasteiger charge is 2.60. The van der Waals surface area contributed by atoms with Crippen molar-refractivity contribution in [2.45, 2.75) is 63.0 Å². The quantitative estimate of drug-likeness (QED) is 0.476. The largest absolute Gasteiger partial charge is 0.417 e. The van der Waals surface area contributed by atoms with Gasteiger partial charge in [0.05, 0.1) is 29.4 Å². The molecule has 0 radical (unpaired) electrons. The molecule has 2 aromatic rings. The number of benzene rings is 1. The van der Waals surface area contributed by atoms with Crippen LogP contribution in [0.5, 0.6) is 0 Å². The fourth-order valence-electron chi connectivity index (χ4n) is 7.52. The normalized spacial score (nSPS) is 29.4. The van der Waals surface area contributed by atoms with E-state index in [0.29, 0.717) is 56.7 Å². The number of fused-ring (bicyclic) bond motifs is 2. The zero-order valence-electron chi connectivity index (χ0n) is 24.8. The van der Waals surface area contributed by atoms with Crippen molar-refractivity contribution in [2.24, 2.45) is 11.3 Å². The summed E-state index contributed by atoms with van der Waals surface area (Å²) in [4.78, 5) is 20.2. The van der Waals surface area contributed by atoms with Gasteiger partial charge in [-0.25, -0.2) is 12.7 Å². The number of carbonyl (C=O) groups is 1. The Morgan fingerprint density at radius 3 is 2.80 bits per heavy atom. The van der Waals surface area contributed by atoms with Crippen LogP contribution in [0.1, 0.15) is 41.6 Å². The highest BCUT2D eigenvalue weighted by Crippen LogP contribution is 2.51. The molecule has 1 aromatic heterocycles. The molecule has 6 rings (SSSR count). The van der Waals surface area contributed by atoms with Gasteiger partial charge in [0.15, 0.2) is 0 Å². The molecule has 1 saturated carbocycles. The van der Waals surface area contributed by atoms with Crippen LogP contribution < -0.4 is 5.32 Å². The number of nitrogens with one attached hydrogen (secondary N) is 1. The highest BCUT2D eigenvalue weighted by atomic mass is 32.2. The summed E-state index contributed by atoms with van der Waals surface area (Å²) < 4.78 is 80.2. The Balaban J connectivity index is 1.24. The third-order valence-corrected chi connectivity index (χ3v) is 11.7. The first-order valence-electron chi connectivity index (χ1n) is 15.2. The molecule has 3 fully saturated rings. The fourth-order valence-corrected chi connectivity index (χ4v) is 9.11. The summed E-state index contributed by atoms with van der Waals surface area (Å²) in [6, 6.07) is 10.5. The molecule has 3 aliphatic heterocycles. The van der Waals surface area contributed by atoms with E-state index in [9.17, 15) is 26.4 Å². The van der Waals surface area contributed by atoms with Gasteiger partial charge in [0, 0.05) is 70.3 Å². The molecule has 44 heavy (non-hydrogen) atoms. The minimum Gasteiger partial charge on any atom is -0.379 e. The second kappa shape index (κ2) is 12.3. The van der Waals surface area contributed by atoms with Gasteiger partial charge < -0.3 is 19.7 Å². The zero-order valence-corrected chi connectivity index (χ0v) is 25.6. The topological polar surface area (TPSA) is 101 Å². The molecule has 5 atom stereocenters. The smallest absolute Gasteiger partial charge is 0.379 e. The number of hydrogen-bond acceptors (Lipinski definition) is 7. The predicted molar refractivity (Wildman–Crippen MR) is 156 cm³/mol. The molecule has 5 unspecified atom stereocenters. The second-order valence-electron chi connectivity index (χ2n) is 12.5. The number of pyridine rings is 1. The van der Waals surface area contributed by atoms with Gasteiger partial charge >= 0.3 is 6.18 Å². The van der Waals surface area contributed by atoms with Gasteiger partial charge in [-0.15, -0.1) is 0 Å². The van der Waals surface area contributed by atoms with Gasteiger partial charge in [-0.3, -0.25) is 9.78 Å². The Labute approximate surface area is 256 Å². The minimum absolute atomic E-state index is 0.0180. The van der Waals surface area contributed by atoms with E-state index in [4.69, 9.17) is 9.47 Å². The number of amides is 1. The summed E-state index contributed by atoms with van der Waals surface area (Å²) in [5.41, 5.74) is 0.0535. The summed E-state index contributed by atoms with van der Waals surface area (Å²) >= 11 is 0. The van der Waals surface area contributed by atoms with E-state index in [-0.39, 0.29) is 55.4 Å². The number of rotatable bonds is 8. The monoisotopic (exact) mass is 636 g/mol. The molecule has 4 aliphatic rings. The third kappa shape index (κ3) is 6.26. The fraction of sp³-hybridized carbons (Fsp3) is 0.613. The Kier molecular flexibility index (Phi) is 8.79. The molecule has 240 valence electrons. The lowest BCUT2D eigenvalue weighted by Crippen LogP contribution is -2.52. The number of ether oxygens (including phenoxy) is 2. The van der Waals surface area contributed by atoms with Crippen molar-refractivity contribution in [1.82, 2.24) is 19.5 Å². The first-order chi connectivity index (χ1) is 21.0. The van der Waals surface area contributed by atoms with Crippen LogP contribution in [0.25, 0.3) is 0 Å². The Morgan fingerprint density at radius 2 is 2.05 bits per heavy atom. The first-order valence-corrected chi connectivity index (χ1v) is 16.8. The predicted octanol–water partition coefficient (Wildman–Crippen LogP) is 3.03. The number of nitrogens with zero attached hydrogens (tertiary/aromatic N) is 3. The first kappa shape index (κ1) is 31.4. The number of aryl methyl sites for hydroxylation is 1. The van der Waals surface area contributed by atoms with Crippen LogP contribution in [0.3, 0.4) is 0 Å². The Hall–Kier alpha value is -2.58. The van der Waals surface area contributed by atoms with Gasteiger partial charge in [-0.1, -0.05) is 30.3 Å². The van der Waals surface area contributed by atoms with E-state index in [1.165, 1.54) is 4.31 Å². The van der Waals surface area contributed by atoms with E-state index in [0.717, 1.165) is 24.2 Å². The van der Waals surface area contributed by atoms with Crippen molar-refractivity contribution in [2.75, 3.05) is 45.7 Å². The highest BCUT2D eigenvalue weighted by molar-refractivity contribution is 7.89. The van der Waals surface area contributed by atoms with Crippen LogP contribution in [0.15, 0.2) is 42.6 Å². The third-order valence-electron chi connectivity index (χ3n) is 9.87. The maximum Gasteiger partial charge on any atom is 0.417 e. The molecular formula is C31H39F3N4O5S. The average molecular weight is 637 g/mol. The number of carbonyl (C=O) groups excluding carboxylic acids is 1. The van der Waals surface area contributed by atoms with Crippen molar-refractivity contribution in [1.29, 1.82) is 0 Å². The molecule has 1 N–H and O–H groups in total. The van der Waals surface area contributed by atoms with E-state index in [1.807, 2.05) is 30.3 Å². The van der Waals surface area contributed by atoms with Crippen LogP contribution in [-0.4, -0.2) is 92.4 Å². The standard InChI is InChI=1S/C31H39F3N4O5S/c1-42-28-19-43-11-8-27(28)36-25-14-24-18-38(44(40,41)12-9-21-5-3-2-4-6-21)20-30(24,15-25)29(39)37-10-7-26-22(17-37)13-23(16-35-26)31(32,33)34/h2-6,13,16,24-25,27-28,36H,7-12,14-15,17-20H2,1H3. The number of methoxy groups -OCH3 is 1. The molecule has 1 amide bonds. The van der Waals surface area contributed by atoms with Crippen LogP contribution in [0.2, 0.25) is 0 Å². The molecule has 4 heterocycles. The minimum atomic E-state index is -4.53. The van der Waals surface area contributed by atoms with Crippen molar-refractivity contribution >= 4 is 15.9 Å². The van der Waals surface area contributed by atoms with Gasteiger partial charge in [-0.2, -0.15) is 13.2 Å². The Morgan fingerprint density at radius 1 is 1.25 bits per heavy atom. The molecule has 1 aromatic carbocycles. The lowest BCUT2D eigenvalue weighted by Gasteiger charge is -2.37. The molecule has 1 aliphatic carbocycles. The van der Waals surface area contributed by atoms with Gasteiger partial charge in [0.1, 0.15) is 0 Å². The zero-order chi connectivity index (χ0) is 31.1. The average Bonchev–Trinajstić information content (AvgIpc) is 3.55. The van der Waals surface area contributed by atoms with Crippen LogP contribution in [0.4, 0.5) is 13.2 Å². The van der Waals surface area contributed by atoms with E-state index in [2.05, 4.69) is 10.3 Å². The number of halogens is 3. The SMILES string of the molecule is COC1COCCC1NC1CC2CN(S(=O)(=O)CCc3ccccc3)CC2(C(=O)N2CCc3ncc(C(F)(F)F)cc3C2)C1. The van der Waals surface area contributed by atoms with E-state index < -0.39 is 27.2 Å². The van der Waals surface area contributed by atoms with Gasteiger partial charge in [-0.05, 0) is 48.8 Å². The second-order valence-corrected chi connectivity index (χ2v) is 14.6. The number of alkyl halides is 3. The molecular weight excluding hydrogens is 597 g/mol. The van der Waals surface area contributed by atoms with E-state index >= 15 is 0 Å². The van der Waals surface area contributed by atoms with Crippen molar-refractivity contribution in [3.63, 3.8) is 0 Å². The van der Waals surface area contributed by atoms with Crippen molar-refractivity contribution in [3.05, 3.63) is 65.0 Å².